The summed E-state index contributed by atoms with van der Waals surface area (Å²) in [5.74, 6) is 2.45. The molecule has 1 aromatic rings. The van der Waals surface area contributed by atoms with Gasteiger partial charge in [0.25, 0.3) is 0 Å². The predicted molar refractivity (Wildman–Crippen MR) is 115 cm³/mol. The Morgan fingerprint density at radius 3 is 2.79 bits per heavy atom. The van der Waals surface area contributed by atoms with E-state index in [4.69, 9.17) is 14.5 Å². The van der Waals surface area contributed by atoms with E-state index in [-0.39, 0.29) is 12.1 Å². The Hall–Kier alpha value is -2.44. The van der Waals surface area contributed by atoms with Gasteiger partial charge in [0.15, 0.2) is 5.96 Å². The average molecular weight is 406 g/mol. The van der Waals surface area contributed by atoms with E-state index in [1.54, 1.807) is 0 Å². The van der Waals surface area contributed by atoms with Crippen LogP contribution in [-0.4, -0.2) is 44.8 Å². The van der Waals surface area contributed by atoms with Crippen molar-refractivity contribution in [1.82, 2.24) is 10.6 Å². The van der Waals surface area contributed by atoms with Crippen LogP contribution in [0.4, 0.5) is 0 Å². The third-order valence-corrected chi connectivity index (χ3v) is 4.71. The van der Waals surface area contributed by atoms with Crippen LogP contribution in [0.25, 0.3) is 0 Å². The van der Waals surface area contributed by atoms with Crippen molar-refractivity contribution in [2.24, 2.45) is 4.99 Å². The fraction of sp³-hybridized carbons (Fsp3) is 0.636. The first-order valence-electron chi connectivity index (χ1n) is 10.6. The molecule has 29 heavy (non-hydrogen) atoms. The zero-order chi connectivity index (χ0) is 21.1. The van der Waals surface area contributed by atoms with E-state index in [9.17, 15) is 4.79 Å². The summed E-state index contributed by atoms with van der Waals surface area (Å²) < 4.78 is 16.4. The summed E-state index contributed by atoms with van der Waals surface area (Å²) >= 11 is 0. The van der Waals surface area contributed by atoms with Crippen molar-refractivity contribution in [1.29, 1.82) is 0 Å². The number of ether oxygens (including phenoxy) is 3. The summed E-state index contributed by atoms with van der Waals surface area (Å²) in [4.78, 5) is 15.8. The van der Waals surface area contributed by atoms with Gasteiger partial charge in [0.1, 0.15) is 17.6 Å². The van der Waals surface area contributed by atoms with Gasteiger partial charge in [-0.2, -0.15) is 0 Å². The highest BCUT2D eigenvalue weighted by Gasteiger charge is 2.21. The first-order chi connectivity index (χ1) is 14.1. The maximum absolute atomic E-state index is 11.1. The summed E-state index contributed by atoms with van der Waals surface area (Å²) in [6, 6.07) is 4.15. The van der Waals surface area contributed by atoms with Crippen molar-refractivity contribution in [3.05, 3.63) is 23.3 Å². The topological polar surface area (TPSA) is 81.2 Å². The van der Waals surface area contributed by atoms with Crippen molar-refractivity contribution in [3.63, 3.8) is 0 Å². The molecule has 0 aromatic heterocycles. The standard InChI is InChI=1S/C22H35N3O4/c1-5-23-22(24-11-9-7-8-10-21(26)27-4)25-15-18-14-20-17(12-16(3)29-20)13-19(18)28-6-2/h13-14,16H,5-12,15H2,1-4H3,(H2,23,24,25). The molecule has 2 rings (SSSR count). The van der Waals surface area contributed by atoms with Crippen LogP contribution in [0.3, 0.4) is 0 Å². The van der Waals surface area contributed by atoms with Crippen LogP contribution in [-0.2, 0) is 22.5 Å². The minimum absolute atomic E-state index is 0.148. The lowest BCUT2D eigenvalue weighted by molar-refractivity contribution is -0.140. The number of fused-ring (bicyclic) bond motifs is 1. The smallest absolute Gasteiger partial charge is 0.305 e. The Labute approximate surface area is 174 Å². The summed E-state index contributed by atoms with van der Waals surface area (Å²) in [6.45, 7) is 8.84. The molecular weight excluding hydrogens is 370 g/mol. The van der Waals surface area contributed by atoms with Crippen LogP contribution in [0, 0.1) is 0 Å². The lowest BCUT2D eigenvalue weighted by atomic mass is 10.1. The van der Waals surface area contributed by atoms with Crippen LogP contribution in [0.2, 0.25) is 0 Å². The number of nitrogens with one attached hydrogen (secondary N) is 2. The maximum atomic E-state index is 11.1. The highest BCUT2D eigenvalue weighted by atomic mass is 16.5. The number of nitrogens with zero attached hydrogens (tertiary/aromatic N) is 1. The van der Waals surface area contributed by atoms with E-state index < -0.39 is 0 Å². The van der Waals surface area contributed by atoms with Crippen LogP contribution in [0.15, 0.2) is 17.1 Å². The minimum atomic E-state index is -0.148. The number of unbranched alkanes of at least 4 members (excludes halogenated alkanes) is 2. The number of benzene rings is 1. The van der Waals surface area contributed by atoms with E-state index in [2.05, 4.69) is 34.4 Å². The molecule has 0 aliphatic carbocycles. The molecule has 7 nitrogen and oxygen atoms in total. The molecule has 0 bridgehead atoms. The van der Waals surface area contributed by atoms with Crippen LogP contribution < -0.4 is 20.1 Å². The Balaban J connectivity index is 1.92. The number of hydrogen-bond donors (Lipinski definition) is 2. The number of carbonyl (C=O) groups excluding carboxylic acids is 1. The van der Waals surface area contributed by atoms with Crippen LogP contribution in [0.5, 0.6) is 11.5 Å². The van der Waals surface area contributed by atoms with Gasteiger partial charge in [-0.25, -0.2) is 4.99 Å². The van der Waals surface area contributed by atoms with Gasteiger partial charge in [-0.1, -0.05) is 6.42 Å². The molecule has 7 heteroatoms. The summed E-state index contributed by atoms with van der Waals surface area (Å²) in [7, 11) is 1.42. The molecule has 0 radical (unpaired) electrons. The number of aliphatic imine (C=N–C) groups is 1. The van der Waals surface area contributed by atoms with Gasteiger partial charge in [0.2, 0.25) is 0 Å². The van der Waals surface area contributed by atoms with E-state index >= 15 is 0 Å². The minimum Gasteiger partial charge on any atom is -0.494 e. The average Bonchev–Trinajstić information content (AvgIpc) is 3.07. The summed E-state index contributed by atoms with van der Waals surface area (Å²) in [6.07, 6.45) is 4.37. The van der Waals surface area contributed by atoms with Gasteiger partial charge in [0, 0.05) is 37.1 Å². The number of carbonyl (C=O) groups is 1. The van der Waals surface area contributed by atoms with Gasteiger partial charge in [0.05, 0.1) is 20.3 Å². The molecule has 1 aliphatic heterocycles. The van der Waals surface area contributed by atoms with Crippen molar-refractivity contribution in [3.8, 4) is 11.5 Å². The fourth-order valence-corrected chi connectivity index (χ4v) is 3.28. The zero-order valence-electron chi connectivity index (χ0n) is 18.2. The monoisotopic (exact) mass is 405 g/mol. The number of rotatable bonds is 11. The molecule has 0 saturated carbocycles. The summed E-state index contributed by atoms with van der Waals surface area (Å²) in [5, 5.41) is 6.63. The lowest BCUT2D eigenvalue weighted by Crippen LogP contribution is -2.37. The molecule has 1 heterocycles. The van der Waals surface area contributed by atoms with E-state index in [1.807, 2.05) is 13.8 Å². The number of esters is 1. The molecule has 1 aromatic carbocycles. The molecule has 0 fully saturated rings. The second kappa shape index (κ2) is 12.2. The van der Waals surface area contributed by atoms with Gasteiger partial charge < -0.3 is 24.8 Å². The first-order valence-corrected chi connectivity index (χ1v) is 10.6. The highest BCUT2D eigenvalue weighted by Crippen LogP contribution is 2.35. The van der Waals surface area contributed by atoms with E-state index in [1.165, 1.54) is 12.7 Å². The molecule has 1 atom stereocenters. The predicted octanol–water partition coefficient (Wildman–Crippen LogP) is 3.20. The van der Waals surface area contributed by atoms with Crippen molar-refractivity contribution in [2.45, 2.75) is 65.5 Å². The number of hydrogen-bond acceptors (Lipinski definition) is 5. The molecule has 0 amide bonds. The molecule has 2 N–H and O–H groups in total. The van der Waals surface area contributed by atoms with Gasteiger partial charge >= 0.3 is 5.97 Å². The molecule has 1 aliphatic rings. The largest absolute Gasteiger partial charge is 0.494 e. The van der Waals surface area contributed by atoms with Crippen molar-refractivity contribution < 1.29 is 19.0 Å². The Bertz CT molecular complexity index is 691. The SMILES string of the molecule is CCNC(=NCc1cc2c(cc1OCC)CC(C)O2)NCCCCCC(=O)OC. The fourth-order valence-electron chi connectivity index (χ4n) is 3.28. The van der Waals surface area contributed by atoms with E-state index in [0.29, 0.717) is 19.6 Å². The zero-order valence-corrected chi connectivity index (χ0v) is 18.2. The quantitative estimate of drug-likeness (QED) is 0.255. The van der Waals surface area contributed by atoms with Gasteiger partial charge in [-0.15, -0.1) is 0 Å². The second-order valence-corrected chi connectivity index (χ2v) is 7.14. The Morgan fingerprint density at radius 2 is 2.07 bits per heavy atom. The normalized spacial score (nSPS) is 15.4. The van der Waals surface area contributed by atoms with E-state index in [0.717, 1.165) is 61.8 Å². The number of methoxy groups -OCH3 is 1. The Kier molecular flexibility index (Phi) is 9.60. The lowest BCUT2D eigenvalue weighted by Gasteiger charge is -2.14. The number of guanidine groups is 1. The van der Waals surface area contributed by atoms with Crippen LogP contribution in [0.1, 0.15) is 57.6 Å². The van der Waals surface area contributed by atoms with Crippen molar-refractivity contribution >= 4 is 11.9 Å². The third-order valence-electron chi connectivity index (χ3n) is 4.71. The van der Waals surface area contributed by atoms with Gasteiger partial charge in [-0.3, -0.25) is 4.79 Å². The molecule has 0 saturated heterocycles. The van der Waals surface area contributed by atoms with Crippen molar-refractivity contribution in [2.75, 3.05) is 26.8 Å². The molecular formula is C22H35N3O4. The second-order valence-electron chi connectivity index (χ2n) is 7.14. The van der Waals surface area contributed by atoms with Crippen LogP contribution >= 0.6 is 0 Å². The maximum Gasteiger partial charge on any atom is 0.305 e. The first kappa shape index (κ1) is 22.8. The molecule has 1 unspecified atom stereocenters. The Morgan fingerprint density at radius 1 is 1.24 bits per heavy atom. The third kappa shape index (κ3) is 7.48. The molecule has 0 spiro atoms. The molecule has 162 valence electrons. The van der Waals surface area contributed by atoms with Gasteiger partial charge in [-0.05, 0) is 45.7 Å². The highest BCUT2D eigenvalue weighted by molar-refractivity contribution is 5.79. The summed E-state index contributed by atoms with van der Waals surface area (Å²) in [5.41, 5.74) is 2.22.